The summed E-state index contributed by atoms with van der Waals surface area (Å²) in [7, 11) is 0. The van der Waals surface area contributed by atoms with Gasteiger partial charge in [-0.1, -0.05) is 38.1 Å². The van der Waals surface area contributed by atoms with Gasteiger partial charge in [-0.2, -0.15) is 0 Å². The van der Waals surface area contributed by atoms with E-state index in [1.54, 1.807) is 0 Å². The van der Waals surface area contributed by atoms with Crippen molar-refractivity contribution in [1.29, 1.82) is 0 Å². The second kappa shape index (κ2) is 4.31. The Morgan fingerprint density at radius 2 is 1.89 bits per heavy atom. The minimum atomic E-state index is -0.609. The fraction of sp³-hybridized carbons (Fsp3) is 0.471. The molecular weight excluding hydrogens is 234 g/mol. The number of aromatic nitrogens is 1. The molecule has 1 aliphatic carbocycles. The van der Waals surface area contributed by atoms with Crippen LogP contribution in [0.25, 0.3) is 10.9 Å². The van der Waals surface area contributed by atoms with Gasteiger partial charge in [-0.25, -0.2) is 0 Å². The second-order valence-electron chi connectivity index (χ2n) is 6.44. The zero-order valence-corrected chi connectivity index (χ0v) is 11.7. The Kier molecular flexibility index (Phi) is 2.86. The van der Waals surface area contributed by atoms with Gasteiger partial charge in [-0.05, 0) is 36.8 Å². The zero-order valence-electron chi connectivity index (χ0n) is 11.7. The number of para-hydroxylation sites is 1. The van der Waals surface area contributed by atoms with Crippen LogP contribution >= 0.6 is 0 Å². The first kappa shape index (κ1) is 12.6. The van der Waals surface area contributed by atoms with E-state index in [9.17, 15) is 5.11 Å². The third-order valence-electron chi connectivity index (χ3n) is 4.78. The Hall–Kier alpha value is -1.41. The molecule has 0 saturated heterocycles. The summed E-state index contributed by atoms with van der Waals surface area (Å²) in [5, 5.41) is 12.1. The largest absolute Gasteiger partial charge is 0.389 e. The number of nitrogens with zero attached hydrogens (tertiary/aromatic N) is 1. The monoisotopic (exact) mass is 255 g/mol. The van der Waals surface area contributed by atoms with Crippen molar-refractivity contribution in [3.63, 3.8) is 0 Å². The van der Waals surface area contributed by atoms with Crippen LogP contribution in [0, 0.1) is 5.41 Å². The van der Waals surface area contributed by atoms with E-state index in [-0.39, 0.29) is 5.41 Å². The highest BCUT2D eigenvalue weighted by molar-refractivity contribution is 5.78. The summed E-state index contributed by atoms with van der Waals surface area (Å²) in [6.45, 7) is 4.34. The van der Waals surface area contributed by atoms with Crippen molar-refractivity contribution in [1.82, 2.24) is 4.98 Å². The summed E-state index contributed by atoms with van der Waals surface area (Å²) in [5.74, 6) is 0. The number of aliphatic hydroxyl groups is 1. The molecule has 100 valence electrons. The maximum Gasteiger partial charge on any atom is 0.0753 e. The van der Waals surface area contributed by atoms with E-state index < -0.39 is 5.60 Å². The number of pyridine rings is 1. The van der Waals surface area contributed by atoms with Crippen LogP contribution in [0.5, 0.6) is 0 Å². The molecule has 2 aromatic rings. The van der Waals surface area contributed by atoms with E-state index in [1.165, 1.54) is 0 Å². The first-order valence-electron chi connectivity index (χ1n) is 7.07. The lowest BCUT2D eigenvalue weighted by atomic mass is 9.75. The SMILES string of the molecule is CC1(C)CCCC1(O)Cc1ccc2ccccc2n1. The van der Waals surface area contributed by atoms with Gasteiger partial charge in [0.05, 0.1) is 11.1 Å². The van der Waals surface area contributed by atoms with Gasteiger partial charge in [0.2, 0.25) is 0 Å². The molecule has 0 radical (unpaired) electrons. The van der Waals surface area contributed by atoms with Crippen molar-refractivity contribution in [3.05, 3.63) is 42.1 Å². The van der Waals surface area contributed by atoms with Gasteiger partial charge in [0.25, 0.3) is 0 Å². The van der Waals surface area contributed by atoms with Crippen molar-refractivity contribution in [2.24, 2.45) is 5.41 Å². The number of benzene rings is 1. The van der Waals surface area contributed by atoms with Crippen molar-refractivity contribution in [2.75, 3.05) is 0 Å². The van der Waals surface area contributed by atoms with Crippen LogP contribution in [0.3, 0.4) is 0 Å². The lowest BCUT2D eigenvalue weighted by Gasteiger charge is -2.36. The van der Waals surface area contributed by atoms with Crippen LogP contribution < -0.4 is 0 Å². The van der Waals surface area contributed by atoms with E-state index in [2.05, 4.69) is 37.0 Å². The second-order valence-corrected chi connectivity index (χ2v) is 6.44. The molecule has 3 rings (SSSR count). The van der Waals surface area contributed by atoms with Crippen molar-refractivity contribution < 1.29 is 5.11 Å². The van der Waals surface area contributed by atoms with Crippen molar-refractivity contribution >= 4 is 10.9 Å². The molecule has 1 fully saturated rings. The molecule has 1 saturated carbocycles. The van der Waals surface area contributed by atoms with Crippen molar-refractivity contribution in [3.8, 4) is 0 Å². The van der Waals surface area contributed by atoms with Gasteiger partial charge in [-0.3, -0.25) is 4.98 Å². The van der Waals surface area contributed by atoms with E-state index in [1.807, 2.05) is 18.2 Å². The molecule has 1 atom stereocenters. The van der Waals surface area contributed by atoms with E-state index in [4.69, 9.17) is 0 Å². The molecule has 1 aromatic carbocycles. The summed E-state index contributed by atoms with van der Waals surface area (Å²) in [6, 6.07) is 12.3. The summed E-state index contributed by atoms with van der Waals surface area (Å²) in [6.07, 6.45) is 3.74. The van der Waals surface area contributed by atoms with Gasteiger partial charge in [-0.15, -0.1) is 0 Å². The van der Waals surface area contributed by atoms with Crippen molar-refractivity contribution in [2.45, 2.75) is 45.1 Å². The van der Waals surface area contributed by atoms with Gasteiger partial charge in [0, 0.05) is 17.5 Å². The predicted octanol–water partition coefficient (Wildman–Crippen LogP) is 3.72. The fourth-order valence-electron chi connectivity index (χ4n) is 3.23. The Bertz CT molecular complexity index is 605. The van der Waals surface area contributed by atoms with Gasteiger partial charge >= 0.3 is 0 Å². The molecule has 0 bridgehead atoms. The Balaban J connectivity index is 1.93. The van der Waals surface area contributed by atoms with Gasteiger partial charge < -0.3 is 5.11 Å². The molecule has 0 amide bonds. The molecule has 1 unspecified atom stereocenters. The minimum absolute atomic E-state index is 0.0136. The first-order valence-corrected chi connectivity index (χ1v) is 7.07. The molecule has 0 aliphatic heterocycles. The maximum absolute atomic E-state index is 10.9. The summed E-state index contributed by atoms with van der Waals surface area (Å²) < 4.78 is 0. The molecular formula is C17H21NO. The van der Waals surface area contributed by atoms with Crippen LogP contribution in [0.2, 0.25) is 0 Å². The smallest absolute Gasteiger partial charge is 0.0753 e. The molecule has 1 heterocycles. The molecule has 19 heavy (non-hydrogen) atoms. The molecule has 1 N–H and O–H groups in total. The lowest BCUT2D eigenvalue weighted by molar-refractivity contribution is -0.0426. The Morgan fingerprint density at radius 1 is 1.11 bits per heavy atom. The van der Waals surface area contributed by atoms with Crippen LogP contribution in [-0.2, 0) is 6.42 Å². The third-order valence-corrected chi connectivity index (χ3v) is 4.78. The fourth-order valence-corrected chi connectivity index (χ4v) is 3.23. The highest BCUT2D eigenvalue weighted by atomic mass is 16.3. The topological polar surface area (TPSA) is 33.1 Å². The Labute approximate surface area is 114 Å². The zero-order chi connectivity index (χ0) is 13.5. The number of fused-ring (bicyclic) bond motifs is 1. The van der Waals surface area contributed by atoms with Gasteiger partial charge in [0.1, 0.15) is 0 Å². The predicted molar refractivity (Wildman–Crippen MR) is 78.0 cm³/mol. The van der Waals surface area contributed by atoms with Crippen LogP contribution in [0.1, 0.15) is 38.8 Å². The van der Waals surface area contributed by atoms with Gasteiger partial charge in [0.15, 0.2) is 0 Å². The number of hydrogen-bond donors (Lipinski definition) is 1. The minimum Gasteiger partial charge on any atom is -0.389 e. The summed E-state index contributed by atoms with van der Waals surface area (Å²) in [4.78, 5) is 4.69. The number of hydrogen-bond acceptors (Lipinski definition) is 2. The molecule has 2 nitrogen and oxygen atoms in total. The lowest BCUT2D eigenvalue weighted by Crippen LogP contribution is -2.42. The van der Waals surface area contributed by atoms with Crippen LogP contribution in [0.15, 0.2) is 36.4 Å². The normalized spacial score (nSPS) is 25.8. The molecule has 1 aliphatic rings. The van der Waals surface area contributed by atoms with Crippen LogP contribution in [0.4, 0.5) is 0 Å². The third kappa shape index (κ3) is 2.14. The highest BCUT2D eigenvalue weighted by Crippen LogP contribution is 2.47. The van der Waals surface area contributed by atoms with E-state index in [0.717, 1.165) is 35.9 Å². The average Bonchev–Trinajstić information content (AvgIpc) is 2.63. The maximum atomic E-state index is 10.9. The molecule has 1 aromatic heterocycles. The molecule has 2 heteroatoms. The molecule has 0 spiro atoms. The van der Waals surface area contributed by atoms with E-state index >= 15 is 0 Å². The highest BCUT2D eigenvalue weighted by Gasteiger charge is 2.47. The van der Waals surface area contributed by atoms with E-state index in [0.29, 0.717) is 6.42 Å². The quantitative estimate of drug-likeness (QED) is 0.887. The average molecular weight is 255 g/mol. The summed E-state index contributed by atoms with van der Waals surface area (Å²) in [5.41, 5.74) is 1.39. The van der Waals surface area contributed by atoms with Crippen LogP contribution in [-0.4, -0.2) is 15.7 Å². The first-order chi connectivity index (χ1) is 9.00. The summed E-state index contributed by atoms with van der Waals surface area (Å²) >= 11 is 0. The standard InChI is InChI=1S/C17H21NO/c1-16(2)10-5-11-17(16,19)12-14-9-8-13-6-3-4-7-15(13)18-14/h3-4,6-9,19H,5,10-12H2,1-2H3. The number of rotatable bonds is 2. The Morgan fingerprint density at radius 3 is 2.63 bits per heavy atom.